The summed E-state index contributed by atoms with van der Waals surface area (Å²) in [4.78, 5) is 35.2. The van der Waals surface area contributed by atoms with Gasteiger partial charge in [-0.25, -0.2) is 14.4 Å². The molecule has 2 amide bonds. The number of rotatable bonds is 4. The highest BCUT2D eigenvalue weighted by Crippen LogP contribution is 2.35. The summed E-state index contributed by atoms with van der Waals surface area (Å²) in [5.74, 6) is -0.830. The first-order chi connectivity index (χ1) is 15.2. The van der Waals surface area contributed by atoms with E-state index in [1.54, 1.807) is 20.8 Å². The molecule has 8 nitrogen and oxygen atoms in total. The van der Waals surface area contributed by atoms with Gasteiger partial charge in [0.15, 0.2) is 11.9 Å². The van der Waals surface area contributed by atoms with Crippen LogP contribution < -0.4 is 5.73 Å². The number of hydrogen-bond acceptors (Lipinski definition) is 6. The fourth-order valence-corrected chi connectivity index (χ4v) is 3.99. The molecule has 3 unspecified atom stereocenters. The number of carbonyl (C=O) groups is 2. The fraction of sp³-hybridized carbons (Fsp3) is 0.714. The number of alkyl halides is 4. The second-order valence-corrected chi connectivity index (χ2v) is 9.61. The van der Waals surface area contributed by atoms with Crippen LogP contribution in [0.3, 0.4) is 0 Å². The van der Waals surface area contributed by atoms with Crippen molar-refractivity contribution in [3.8, 4) is 0 Å². The summed E-state index contributed by atoms with van der Waals surface area (Å²) in [5, 5.41) is 9.91. The standard InChI is InChI=1S/C21H29F4N5O3/c1-20(2,3)19-27-14-10-29(7-6-12(14)17(28-19)21(23,24)25)16(32)8-11(26)9-30-15(31)5-4-13(22)18(30)33/h11,13,18,33H,4-10,26H2,1-3H3. The van der Waals surface area contributed by atoms with Crippen LogP contribution in [0.2, 0.25) is 0 Å². The third kappa shape index (κ3) is 5.60. The van der Waals surface area contributed by atoms with Gasteiger partial charge in [-0.05, 0) is 12.8 Å². The number of amides is 2. The van der Waals surface area contributed by atoms with Crippen molar-refractivity contribution in [3.63, 3.8) is 0 Å². The molecule has 0 radical (unpaired) electrons. The van der Waals surface area contributed by atoms with E-state index < -0.39 is 47.5 Å². The van der Waals surface area contributed by atoms with Gasteiger partial charge in [0.25, 0.3) is 0 Å². The van der Waals surface area contributed by atoms with Gasteiger partial charge in [-0.15, -0.1) is 0 Å². The highest BCUT2D eigenvalue weighted by molar-refractivity contribution is 5.78. The molecule has 0 saturated carbocycles. The van der Waals surface area contributed by atoms with Crippen LogP contribution >= 0.6 is 0 Å². The van der Waals surface area contributed by atoms with Crippen molar-refractivity contribution in [2.75, 3.05) is 13.1 Å². The molecule has 2 aliphatic rings. The van der Waals surface area contributed by atoms with Gasteiger partial charge in [0, 0.05) is 43.0 Å². The molecule has 1 fully saturated rings. The molecule has 3 rings (SSSR count). The molecule has 3 atom stereocenters. The van der Waals surface area contributed by atoms with Gasteiger partial charge in [0.1, 0.15) is 12.0 Å². The number of nitrogens with two attached hydrogens (primary N) is 1. The van der Waals surface area contributed by atoms with Gasteiger partial charge < -0.3 is 20.6 Å². The summed E-state index contributed by atoms with van der Waals surface area (Å²) in [5.41, 5.74) is 4.43. The Kier molecular flexibility index (Phi) is 6.99. The lowest BCUT2D eigenvalue weighted by atomic mass is 9.93. The number of likely N-dealkylation sites (tertiary alicyclic amines) is 1. The predicted octanol–water partition coefficient (Wildman–Crippen LogP) is 1.67. The van der Waals surface area contributed by atoms with E-state index in [1.807, 2.05) is 0 Å². The van der Waals surface area contributed by atoms with Crippen LogP contribution in [0.1, 0.15) is 62.8 Å². The quantitative estimate of drug-likeness (QED) is 0.641. The lowest BCUT2D eigenvalue weighted by molar-refractivity contribution is -0.155. The van der Waals surface area contributed by atoms with Crippen molar-refractivity contribution in [1.29, 1.82) is 0 Å². The molecule has 12 heteroatoms. The fourth-order valence-electron chi connectivity index (χ4n) is 3.99. The van der Waals surface area contributed by atoms with Gasteiger partial charge in [-0.3, -0.25) is 9.59 Å². The highest BCUT2D eigenvalue weighted by atomic mass is 19.4. The van der Waals surface area contributed by atoms with Gasteiger partial charge in [0.05, 0.1) is 12.2 Å². The molecule has 184 valence electrons. The maximum atomic E-state index is 13.7. The van der Waals surface area contributed by atoms with Gasteiger partial charge in [0.2, 0.25) is 11.8 Å². The topological polar surface area (TPSA) is 113 Å². The summed E-state index contributed by atoms with van der Waals surface area (Å²) < 4.78 is 54.6. The molecule has 33 heavy (non-hydrogen) atoms. The summed E-state index contributed by atoms with van der Waals surface area (Å²) in [7, 11) is 0. The van der Waals surface area contributed by atoms with E-state index >= 15 is 0 Å². The summed E-state index contributed by atoms with van der Waals surface area (Å²) >= 11 is 0. The molecular formula is C21H29F4N5O3. The zero-order valence-electron chi connectivity index (χ0n) is 18.8. The maximum Gasteiger partial charge on any atom is 0.433 e. The van der Waals surface area contributed by atoms with Crippen LogP contribution in [0, 0.1) is 0 Å². The average Bonchev–Trinajstić information content (AvgIpc) is 2.71. The van der Waals surface area contributed by atoms with Crippen LogP contribution in [0.15, 0.2) is 0 Å². The zero-order chi connectivity index (χ0) is 24.7. The van der Waals surface area contributed by atoms with Crippen LogP contribution in [0.4, 0.5) is 17.6 Å². The second kappa shape index (κ2) is 9.13. The van der Waals surface area contributed by atoms with Crippen molar-refractivity contribution in [3.05, 3.63) is 22.8 Å². The SMILES string of the molecule is CC(C)(C)c1nc2c(c(C(F)(F)F)n1)CCN(C(=O)CC(N)CN1C(=O)CCC(F)C1O)C2. The van der Waals surface area contributed by atoms with Crippen molar-refractivity contribution in [2.45, 2.75) is 83.0 Å². The number of halogens is 4. The second-order valence-electron chi connectivity index (χ2n) is 9.61. The first-order valence-electron chi connectivity index (χ1n) is 10.8. The van der Waals surface area contributed by atoms with E-state index in [-0.39, 0.29) is 62.4 Å². The molecule has 0 aromatic carbocycles. The Hall–Kier alpha value is -2.34. The Morgan fingerprint density at radius 2 is 1.91 bits per heavy atom. The molecular weight excluding hydrogens is 446 g/mol. The Morgan fingerprint density at radius 1 is 1.24 bits per heavy atom. The number of aliphatic hydroxyl groups is 1. The third-order valence-electron chi connectivity index (χ3n) is 5.82. The van der Waals surface area contributed by atoms with Crippen LogP contribution in [0.5, 0.6) is 0 Å². The van der Waals surface area contributed by atoms with Crippen LogP contribution in [-0.4, -0.2) is 68.2 Å². The van der Waals surface area contributed by atoms with Crippen LogP contribution in [0.25, 0.3) is 0 Å². The number of aromatic nitrogens is 2. The summed E-state index contributed by atoms with van der Waals surface area (Å²) in [6.45, 7) is 4.84. The molecule has 1 aromatic heterocycles. The largest absolute Gasteiger partial charge is 0.433 e. The van der Waals surface area contributed by atoms with Gasteiger partial charge in [-0.2, -0.15) is 13.2 Å². The lowest BCUT2D eigenvalue weighted by Gasteiger charge is -2.36. The zero-order valence-corrected chi connectivity index (χ0v) is 18.8. The Bertz CT molecular complexity index is 918. The van der Waals surface area contributed by atoms with E-state index in [1.165, 1.54) is 4.90 Å². The van der Waals surface area contributed by atoms with E-state index in [0.29, 0.717) is 0 Å². The molecule has 3 heterocycles. The lowest BCUT2D eigenvalue weighted by Crippen LogP contribution is -2.54. The first kappa shape index (κ1) is 25.3. The van der Waals surface area contributed by atoms with Gasteiger partial charge in [-0.1, -0.05) is 20.8 Å². The van der Waals surface area contributed by atoms with Crippen LogP contribution in [-0.2, 0) is 34.1 Å². The predicted molar refractivity (Wildman–Crippen MR) is 109 cm³/mol. The monoisotopic (exact) mass is 475 g/mol. The molecule has 2 aliphatic heterocycles. The minimum atomic E-state index is -4.64. The van der Waals surface area contributed by atoms with Crippen molar-refractivity contribution < 1.29 is 32.3 Å². The number of nitrogens with zero attached hydrogens (tertiary/aromatic N) is 4. The van der Waals surface area contributed by atoms with E-state index in [4.69, 9.17) is 5.73 Å². The van der Waals surface area contributed by atoms with E-state index in [9.17, 15) is 32.3 Å². The number of piperidine rings is 1. The Balaban J connectivity index is 1.73. The average molecular weight is 475 g/mol. The third-order valence-corrected chi connectivity index (χ3v) is 5.82. The minimum absolute atomic E-state index is 0.0140. The van der Waals surface area contributed by atoms with E-state index in [2.05, 4.69) is 9.97 Å². The maximum absolute atomic E-state index is 13.7. The Morgan fingerprint density at radius 3 is 2.52 bits per heavy atom. The number of aliphatic hydroxyl groups excluding tert-OH is 1. The van der Waals surface area contributed by atoms with Gasteiger partial charge >= 0.3 is 6.18 Å². The molecule has 1 aromatic rings. The van der Waals surface area contributed by atoms with Crippen molar-refractivity contribution in [2.24, 2.45) is 5.73 Å². The molecule has 0 bridgehead atoms. The summed E-state index contributed by atoms with van der Waals surface area (Å²) in [6.07, 6.45) is -8.23. The smallest absolute Gasteiger partial charge is 0.370 e. The summed E-state index contributed by atoms with van der Waals surface area (Å²) in [6, 6.07) is -0.871. The number of fused-ring (bicyclic) bond motifs is 1. The normalized spacial score (nSPS) is 22.9. The Labute approximate surface area is 189 Å². The minimum Gasteiger partial charge on any atom is -0.370 e. The van der Waals surface area contributed by atoms with Crippen molar-refractivity contribution >= 4 is 11.8 Å². The highest BCUT2D eigenvalue weighted by Gasteiger charge is 2.40. The molecule has 0 aliphatic carbocycles. The number of carbonyl (C=O) groups excluding carboxylic acids is 2. The first-order valence-corrected chi connectivity index (χ1v) is 10.8. The van der Waals surface area contributed by atoms with Crippen molar-refractivity contribution in [1.82, 2.24) is 19.8 Å². The molecule has 0 spiro atoms. The van der Waals surface area contributed by atoms with E-state index in [0.717, 1.165) is 4.90 Å². The molecule has 1 saturated heterocycles. The molecule has 3 N–H and O–H groups in total. The number of hydrogen-bond donors (Lipinski definition) is 2.